The highest BCUT2D eigenvalue weighted by Gasteiger charge is 2.28. The van der Waals surface area contributed by atoms with E-state index in [9.17, 15) is 14.4 Å². The molecule has 1 saturated heterocycles. The van der Waals surface area contributed by atoms with Crippen LogP contribution >= 0.6 is 0 Å². The van der Waals surface area contributed by atoms with E-state index < -0.39 is 18.0 Å². The predicted octanol–water partition coefficient (Wildman–Crippen LogP) is 0.977. The average molecular weight is 286 g/mol. The van der Waals surface area contributed by atoms with Crippen LogP contribution in [-0.2, 0) is 14.3 Å². The Morgan fingerprint density at radius 1 is 1.40 bits per heavy atom. The lowest BCUT2D eigenvalue weighted by Crippen LogP contribution is -2.52. The maximum Gasteiger partial charge on any atom is 0.328 e. The number of piperidine rings is 1. The molecule has 114 valence electrons. The number of aliphatic carboxylic acids is 1. The maximum absolute atomic E-state index is 12.1. The number of nitrogens with zero attached hydrogens (tertiary/aromatic N) is 1. The van der Waals surface area contributed by atoms with Crippen molar-refractivity contribution in [1.29, 1.82) is 0 Å². The molecule has 0 bridgehead atoms. The molecule has 20 heavy (non-hydrogen) atoms. The van der Waals surface area contributed by atoms with Crippen LogP contribution in [-0.4, -0.2) is 53.7 Å². The van der Waals surface area contributed by atoms with Gasteiger partial charge in [0.1, 0.15) is 6.04 Å². The van der Waals surface area contributed by atoms with Crippen molar-refractivity contribution in [2.75, 3.05) is 13.7 Å². The molecule has 1 aliphatic heterocycles. The minimum Gasteiger partial charge on any atom is -0.481 e. The van der Waals surface area contributed by atoms with Crippen molar-refractivity contribution in [3.05, 3.63) is 0 Å². The van der Waals surface area contributed by atoms with E-state index in [0.717, 1.165) is 19.3 Å². The fourth-order valence-electron chi connectivity index (χ4n) is 2.36. The maximum atomic E-state index is 12.1. The lowest BCUT2D eigenvalue weighted by molar-refractivity contribution is -0.142. The minimum atomic E-state index is -0.862. The lowest BCUT2D eigenvalue weighted by Gasteiger charge is -2.36. The van der Waals surface area contributed by atoms with Gasteiger partial charge in [-0.2, -0.15) is 0 Å². The zero-order valence-corrected chi connectivity index (χ0v) is 11.9. The standard InChI is InChI=1S/C13H22N2O5/c1-9(12(18)20-2)14-13(19)15-8-4-3-5-10(15)6-7-11(16)17/h9-10H,3-8H2,1-2H3,(H,14,19)(H,16,17). The molecule has 7 heteroatoms. The van der Waals surface area contributed by atoms with Gasteiger partial charge in [0.25, 0.3) is 0 Å². The molecule has 1 heterocycles. The number of esters is 1. The highest BCUT2D eigenvalue weighted by Crippen LogP contribution is 2.21. The largest absolute Gasteiger partial charge is 0.481 e. The zero-order chi connectivity index (χ0) is 15.1. The van der Waals surface area contributed by atoms with Gasteiger partial charge in [-0.3, -0.25) is 4.79 Å². The summed E-state index contributed by atoms with van der Waals surface area (Å²) in [7, 11) is 1.27. The van der Waals surface area contributed by atoms with Crippen LogP contribution in [0.15, 0.2) is 0 Å². The van der Waals surface area contributed by atoms with E-state index in [-0.39, 0.29) is 18.5 Å². The minimum absolute atomic E-state index is 0.0427. The molecule has 0 aromatic carbocycles. The smallest absolute Gasteiger partial charge is 0.328 e. The fraction of sp³-hybridized carbons (Fsp3) is 0.769. The molecular weight excluding hydrogens is 264 g/mol. The molecule has 0 aromatic heterocycles. The van der Waals surface area contributed by atoms with E-state index in [0.29, 0.717) is 13.0 Å². The summed E-state index contributed by atoms with van der Waals surface area (Å²) in [4.78, 5) is 35.7. The van der Waals surface area contributed by atoms with Crippen molar-refractivity contribution >= 4 is 18.0 Å². The first-order valence-electron chi connectivity index (χ1n) is 6.82. The number of methoxy groups -OCH3 is 1. The van der Waals surface area contributed by atoms with E-state index >= 15 is 0 Å². The number of ether oxygens (including phenoxy) is 1. The van der Waals surface area contributed by atoms with Gasteiger partial charge in [0.2, 0.25) is 0 Å². The summed E-state index contributed by atoms with van der Waals surface area (Å²) < 4.78 is 4.56. The second-order valence-electron chi connectivity index (χ2n) is 4.97. The van der Waals surface area contributed by atoms with Gasteiger partial charge in [-0.25, -0.2) is 9.59 Å². The van der Waals surface area contributed by atoms with Crippen LogP contribution in [0.5, 0.6) is 0 Å². The Labute approximate surface area is 118 Å². The van der Waals surface area contributed by atoms with Crippen molar-refractivity contribution in [1.82, 2.24) is 10.2 Å². The van der Waals surface area contributed by atoms with Crippen molar-refractivity contribution in [2.24, 2.45) is 0 Å². The van der Waals surface area contributed by atoms with Gasteiger partial charge in [-0.1, -0.05) is 0 Å². The molecule has 1 fully saturated rings. The molecule has 0 saturated carbocycles. The molecule has 0 radical (unpaired) electrons. The predicted molar refractivity (Wildman–Crippen MR) is 71.2 cm³/mol. The number of rotatable bonds is 5. The van der Waals surface area contributed by atoms with Crippen molar-refractivity contribution in [3.8, 4) is 0 Å². The third kappa shape index (κ3) is 4.71. The van der Waals surface area contributed by atoms with E-state index in [2.05, 4.69) is 10.1 Å². The van der Waals surface area contributed by atoms with Crippen LogP contribution in [0.1, 0.15) is 39.0 Å². The Kier molecular flexibility index (Phi) is 6.27. The highest BCUT2D eigenvalue weighted by molar-refractivity contribution is 5.83. The number of carbonyl (C=O) groups excluding carboxylic acids is 2. The average Bonchev–Trinajstić information content (AvgIpc) is 2.44. The van der Waals surface area contributed by atoms with Crippen molar-refractivity contribution < 1.29 is 24.2 Å². The summed E-state index contributed by atoms with van der Waals surface area (Å²) in [6.07, 6.45) is 3.16. The molecule has 2 atom stereocenters. The third-order valence-electron chi connectivity index (χ3n) is 3.47. The first-order chi connectivity index (χ1) is 9.45. The monoisotopic (exact) mass is 286 g/mol. The zero-order valence-electron chi connectivity index (χ0n) is 11.9. The number of likely N-dealkylation sites (tertiary alicyclic amines) is 1. The molecule has 0 aliphatic carbocycles. The number of urea groups is 1. The molecule has 0 aromatic rings. The van der Waals surface area contributed by atoms with E-state index in [1.54, 1.807) is 11.8 Å². The Bertz CT molecular complexity index is 372. The Morgan fingerprint density at radius 2 is 2.10 bits per heavy atom. The fourth-order valence-corrected chi connectivity index (χ4v) is 2.36. The number of carbonyl (C=O) groups is 3. The van der Waals surface area contributed by atoms with Crippen LogP contribution in [0, 0.1) is 0 Å². The number of amides is 2. The lowest BCUT2D eigenvalue weighted by atomic mass is 9.98. The Morgan fingerprint density at radius 3 is 2.70 bits per heavy atom. The van der Waals surface area contributed by atoms with E-state index in [1.807, 2.05) is 0 Å². The molecule has 1 rings (SSSR count). The van der Waals surface area contributed by atoms with Gasteiger partial charge < -0.3 is 20.1 Å². The molecule has 2 unspecified atom stereocenters. The van der Waals surface area contributed by atoms with Gasteiger partial charge in [-0.15, -0.1) is 0 Å². The summed E-state index contributed by atoms with van der Waals surface area (Å²) in [5.41, 5.74) is 0. The van der Waals surface area contributed by atoms with E-state index in [1.165, 1.54) is 7.11 Å². The first-order valence-corrected chi connectivity index (χ1v) is 6.82. The van der Waals surface area contributed by atoms with E-state index in [4.69, 9.17) is 5.11 Å². The summed E-state index contributed by atoms with van der Waals surface area (Å²) in [6.45, 7) is 2.14. The van der Waals surface area contributed by atoms with Crippen LogP contribution < -0.4 is 5.32 Å². The van der Waals surface area contributed by atoms with Crippen LogP contribution in [0.25, 0.3) is 0 Å². The van der Waals surface area contributed by atoms with Gasteiger partial charge in [0, 0.05) is 19.0 Å². The van der Waals surface area contributed by atoms with Crippen LogP contribution in [0.2, 0.25) is 0 Å². The highest BCUT2D eigenvalue weighted by atomic mass is 16.5. The molecule has 7 nitrogen and oxygen atoms in total. The quantitative estimate of drug-likeness (QED) is 0.734. The van der Waals surface area contributed by atoms with Crippen molar-refractivity contribution in [2.45, 2.75) is 51.1 Å². The summed E-state index contributed by atoms with van der Waals surface area (Å²) in [5.74, 6) is -1.36. The number of hydrogen-bond donors (Lipinski definition) is 2. The summed E-state index contributed by atoms with van der Waals surface area (Å²) >= 11 is 0. The third-order valence-corrected chi connectivity index (χ3v) is 3.47. The molecular formula is C13H22N2O5. The normalized spacial score (nSPS) is 20.1. The molecule has 1 aliphatic rings. The van der Waals surface area contributed by atoms with Crippen LogP contribution in [0.3, 0.4) is 0 Å². The molecule has 0 spiro atoms. The Balaban J connectivity index is 2.57. The Hall–Kier alpha value is -1.79. The summed E-state index contributed by atoms with van der Waals surface area (Å²) in [6, 6.07) is -1.13. The number of hydrogen-bond acceptors (Lipinski definition) is 4. The van der Waals surface area contributed by atoms with Gasteiger partial charge in [-0.05, 0) is 32.6 Å². The number of carboxylic acids is 1. The second-order valence-corrected chi connectivity index (χ2v) is 4.97. The second kappa shape index (κ2) is 7.72. The van der Waals surface area contributed by atoms with Crippen molar-refractivity contribution in [3.63, 3.8) is 0 Å². The van der Waals surface area contributed by atoms with Gasteiger partial charge in [0.05, 0.1) is 7.11 Å². The van der Waals surface area contributed by atoms with Gasteiger partial charge in [0.15, 0.2) is 0 Å². The SMILES string of the molecule is COC(=O)C(C)NC(=O)N1CCCCC1CCC(=O)O. The first kappa shape index (κ1) is 16.3. The molecule has 2 N–H and O–H groups in total. The van der Waals surface area contributed by atoms with Crippen LogP contribution in [0.4, 0.5) is 4.79 Å². The van der Waals surface area contributed by atoms with Gasteiger partial charge >= 0.3 is 18.0 Å². The number of carboxylic acid groups (broad SMARTS) is 1. The topological polar surface area (TPSA) is 95.9 Å². The number of nitrogens with one attached hydrogen (secondary N) is 1. The summed E-state index contributed by atoms with van der Waals surface area (Å²) in [5, 5.41) is 11.3. The molecule has 2 amide bonds.